The van der Waals surface area contributed by atoms with E-state index in [1.165, 1.54) is 12.5 Å². The van der Waals surface area contributed by atoms with Crippen LogP contribution >= 0.6 is 11.8 Å². The molecule has 0 spiro atoms. The number of hydrogen-bond acceptors (Lipinski definition) is 7. The van der Waals surface area contributed by atoms with Gasteiger partial charge >= 0.3 is 5.97 Å². The summed E-state index contributed by atoms with van der Waals surface area (Å²) in [5, 5.41) is -0.195. The van der Waals surface area contributed by atoms with Crippen molar-refractivity contribution in [1.29, 1.82) is 0 Å². The smallest absolute Gasteiger partial charge is 0.303 e. The minimum atomic E-state index is -0.551. The van der Waals surface area contributed by atoms with Crippen LogP contribution in [0.1, 0.15) is 35.0 Å². The van der Waals surface area contributed by atoms with Gasteiger partial charge in [0.2, 0.25) is 5.75 Å². The number of carbonyl (C=O) groups excluding carboxylic acids is 1. The van der Waals surface area contributed by atoms with E-state index in [1.807, 2.05) is 54.6 Å². The van der Waals surface area contributed by atoms with Crippen LogP contribution in [-0.4, -0.2) is 33.4 Å². The molecular weight excluding hydrogens is 452 g/mol. The van der Waals surface area contributed by atoms with Gasteiger partial charge in [-0.05, 0) is 29.3 Å². The largest absolute Gasteiger partial charge is 0.497 e. The SMILES string of the molecule is COc1ccc([C@H]2Oc3c(ccc(OC)c3OC)[C@H](SCc3ccccc3)[C@H]2OC(C)=O)cc1. The summed E-state index contributed by atoms with van der Waals surface area (Å²) in [6, 6.07) is 21.6. The van der Waals surface area contributed by atoms with Crippen LogP contribution in [-0.2, 0) is 15.3 Å². The van der Waals surface area contributed by atoms with Crippen LogP contribution in [0.3, 0.4) is 0 Å². The van der Waals surface area contributed by atoms with Gasteiger partial charge in [0.05, 0.1) is 26.6 Å². The average molecular weight is 481 g/mol. The minimum Gasteiger partial charge on any atom is -0.497 e. The summed E-state index contributed by atoms with van der Waals surface area (Å²) in [5.74, 6) is 2.81. The Labute approximate surface area is 204 Å². The van der Waals surface area contributed by atoms with Gasteiger partial charge in [-0.25, -0.2) is 0 Å². The van der Waals surface area contributed by atoms with Crippen LogP contribution in [0.4, 0.5) is 0 Å². The molecule has 0 aromatic heterocycles. The van der Waals surface area contributed by atoms with Crippen molar-refractivity contribution in [3.05, 3.63) is 83.4 Å². The van der Waals surface area contributed by atoms with Gasteiger partial charge in [-0.3, -0.25) is 4.79 Å². The second kappa shape index (κ2) is 10.7. The summed E-state index contributed by atoms with van der Waals surface area (Å²) in [6.45, 7) is 1.42. The zero-order valence-corrected chi connectivity index (χ0v) is 20.5. The van der Waals surface area contributed by atoms with Gasteiger partial charge in [0, 0.05) is 18.2 Å². The fourth-order valence-corrected chi connectivity index (χ4v) is 5.42. The molecule has 6 nitrogen and oxygen atoms in total. The van der Waals surface area contributed by atoms with Gasteiger partial charge in [-0.1, -0.05) is 48.5 Å². The van der Waals surface area contributed by atoms with Crippen molar-refractivity contribution in [1.82, 2.24) is 0 Å². The molecule has 0 bridgehead atoms. The molecule has 3 aromatic rings. The van der Waals surface area contributed by atoms with Crippen LogP contribution in [0.2, 0.25) is 0 Å². The van der Waals surface area contributed by atoms with Crippen LogP contribution in [0, 0.1) is 0 Å². The number of thioether (sulfide) groups is 1. The molecule has 0 radical (unpaired) electrons. The number of benzene rings is 3. The number of ether oxygens (including phenoxy) is 5. The lowest BCUT2D eigenvalue weighted by Gasteiger charge is -2.39. The van der Waals surface area contributed by atoms with Gasteiger partial charge < -0.3 is 23.7 Å². The Morgan fingerprint density at radius 1 is 0.912 bits per heavy atom. The summed E-state index contributed by atoms with van der Waals surface area (Å²) in [7, 11) is 4.81. The molecule has 7 heteroatoms. The first-order chi connectivity index (χ1) is 16.5. The molecule has 1 heterocycles. The normalized spacial score (nSPS) is 18.9. The molecule has 0 saturated carbocycles. The molecule has 0 amide bonds. The first-order valence-corrected chi connectivity index (χ1v) is 12.0. The Morgan fingerprint density at radius 3 is 2.26 bits per heavy atom. The standard InChI is InChI=1S/C27H28O6S/c1-17(28)32-26-23(19-10-12-20(29-2)13-11-19)33-24-21(14-15-22(30-3)25(24)31-4)27(26)34-16-18-8-6-5-7-9-18/h5-15,23,26-27H,16H2,1-4H3/t23-,26+,27+/m1/s1. The van der Waals surface area contributed by atoms with E-state index in [1.54, 1.807) is 33.1 Å². The van der Waals surface area contributed by atoms with Crippen LogP contribution in [0.25, 0.3) is 0 Å². The highest BCUT2D eigenvalue weighted by Gasteiger charge is 2.43. The number of hydrogen-bond donors (Lipinski definition) is 0. The zero-order valence-electron chi connectivity index (χ0n) is 19.6. The number of methoxy groups -OCH3 is 3. The lowest BCUT2D eigenvalue weighted by Crippen LogP contribution is -2.37. The zero-order chi connectivity index (χ0) is 24.1. The topological polar surface area (TPSA) is 63.2 Å². The molecule has 0 N–H and O–H groups in total. The van der Waals surface area contributed by atoms with E-state index in [2.05, 4.69) is 12.1 Å². The first kappa shape index (κ1) is 23.8. The second-order valence-electron chi connectivity index (χ2n) is 7.82. The highest BCUT2D eigenvalue weighted by molar-refractivity contribution is 7.98. The monoisotopic (exact) mass is 480 g/mol. The predicted molar refractivity (Wildman–Crippen MR) is 132 cm³/mol. The Balaban J connectivity index is 1.81. The summed E-state index contributed by atoms with van der Waals surface area (Å²) >= 11 is 1.70. The quantitative estimate of drug-likeness (QED) is 0.380. The van der Waals surface area contributed by atoms with Crippen molar-refractivity contribution in [2.24, 2.45) is 0 Å². The van der Waals surface area contributed by atoms with Crippen molar-refractivity contribution in [2.75, 3.05) is 21.3 Å². The van der Waals surface area contributed by atoms with Crippen molar-refractivity contribution >= 4 is 17.7 Å². The number of esters is 1. The highest BCUT2D eigenvalue weighted by Crippen LogP contribution is 2.55. The Kier molecular flexibility index (Phi) is 7.53. The third-order valence-electron chi connectivity index (χ3n) is 5.70. The Morgan fingerprint density at radius 2 is 1.65 bits per heavy atom. The minimum absolute atomic E-state index is 0.195. The number of carbonyl (C=O) groups is 1. The van der Waals surface area contributed by atoms with Crippen LogP contribution < -0.4 is 18.9 Å². The van der Waals surface area contributed by atoms with Gasteiger partial charge in [0.15, 0.2) is 23.7 Å². The molecule has 3 atom stereocenters. The van der Waals surface area contributed by atoms with Gasteiger partial charge in [0.25, 0.3) is 0 Å². The van der Waals surface area contributed by atoms with Crippen LogP contribution in [0.5, 0.6) is 23.0 Å². The Bertz CT molecular complexity index is 1120. The van der Waals surface area contributed by atoms with E-state index in [-0.39, 0.29) is 11.2 Å². The maximum Gasteiger partial charge on any atom is 0.303 e. The summed E-state index contributed by atoms with van der Waals surface area (Å²) in [6.07, 6.45) is -1.10. The number of fused-ring (bicyclic) bond motifs is 1. The third kappa shape index (κ3) is 4.94. The number of rotatable bonds is 8. The second-order valence-corrected chi connectivity index (χ2v) is 8.95. The highest BCUT2D eigenvalue weighted by atomic mass is 32.2. The molecule has 4 rings (SSSR count). The lowest BCUT2D eigenvalue weighted by atomic mass is 9.93. The molecule has 3 aromatic carbocycles. The van der Waals surface area contributed by atoms with Gasteiger partial charge in [-0.2, -0.15) is 0 Å². The van der Waals surface area contributed by atoms with E-state index in [4.69, 9.17) is 23.7 Å². The average Bonchev–Trinajstić information content (AvgIpc) is 2.87. The van der Waals surface area contributed by atoms with E-state index < -0.39 is 12.2 Å². The van der Waals surface area contributed by atoms with Crippen molar-refractivity contribution in [2.45, 2.75) is 30.1 Å². The maximum absolute atomic E-state index is 12.2. The summed E-state index contributed by atoms with van der Waals surface area (Å²) in [4.78, 5) is 12.2. The summed E-state index contributed by atoms with van der Waals surface area (Å²) < 4.78 is 29.0. The molecule has 0 aliphatic carbocycles. The molecular formula is C27H28O6S. The van der Waals surface area contributed by atoms with E-state index in [0.29, 0.717) is 17.2 Å². The van der Waals surface area contributed by atoms with Gasteiger partial charge in [-0.15, -0.1) is 11.8 Å². The molecule has 0 fully saturated rings. The maximum atomic E-state index is 12.2. The predicted octanol–water partition coefficient (Wildman–Crippen LogP) is 5.75. The van der Waals surface area contributed by atoms with Crippen molar-refractivity contribution in [3.63, 3.8) is 0 Å². The lowest BCUT2D eigenvalue weighted by molar-refractivity contribution is -0.152. The van der Waals surface area contributed by atoms with Crippen LogP contribution in [0.15, 0.2) is 66.7 Å². The van der Waals surface area contributed by atoms with E-state index in [0.717, 1.165) is 22.6 Å². The van der Waals surface area contributed by atoms with Gasteiger partial charge in [0.1, 0.15) is 5.75 Å². The molecule has 178 valence electrons. The molecule has 1 aliphatic heterocycles. The molecule has 0 unspecified atom stereocenters. The van der Waals surface area contributed by atoms with E-state index in [9.17, 15) is 4.79 Å². The molecule has 0 saturated heterocycles. The van der Waals surface area contributed by atoms with E-state index >= 15 is 0 Å². The summed E-state index contributed by atoms with van der Waals surface area (Å²) in [5.41, 5.74) is 2.95. The molecule has 1 aliphatic rings. The third-order valence-corrected chi connectivity index (χ3v) is 7.08. The Hall–Kier alpha value is -3.32. The fourth-order valence-electron chi connectivity index (χ4n) is 4.10. The molecule has 34 heavy (non-hydrogen) atoms. The van der Waals surface area contributed by atoms with Crippen molar-refractivity contribution in [3.8, 4) is 23.0 Å². The first-order valence-electron chi connectivity index (χ1n) is 10.9. The van der Waals surface area contributed by atoms with Crippen molar-refractivity contribution < 1.29 is 28.5 Å². The fraction of sp³-hybridized carbons (Fsp3) is 0.296.